The lowest BCUT2D eigenvalue weighted by Crippen LogP contribution is -2.46. The molecule has 0 aromatic carbocycles. The number of hydrogen-bond acceptors (Lipinski definition) is 3. The zero-order valence-corrected chi connectivity index (χ0v) is 13.4. The van der Waals surface area contributed by atoms with Gasteiger partial charge in [-0.15, -0.1) is 0 Å². The normalized spacial score (nSPS) is 22.3. The van der Waals surface area contributed by atoms with Crippen LogP contribution in [0.4, 0.5) is 4.79 Å². The fourth-order valence-corrected chi connectivity index (χ4v) is 3.53. The number of carbonyl (C=O) groups excluding carboxylic acids is 1. The van der Waals surface area contributed by atoms with Gasteiger partial charge in [0, 0.05) is 58.1 Å². The Hall–Kier alpha value is -1.56. The molecule has 3 rings (SSSR count). The van der Waals surface area contributed by atoms with Crippen LogP contribution in [0.1, 0.15) is 37.4 Å². The van der Waals surface area contributed by atoms with Gasteiger partial charge in [0.05, 0.1) is 6.61 Å². The Bertz CT molecular complexity index is 496. The Balaban J connectivity index is 1.65. The smallest absolute Gasteiger partial charge is 0.320 e. The van der Waals surface area contributed by atoms with Crippen LogP contribution in [0.5, 0.6) is 0 Å². The summed E-state index contributed by atoms with van der Waals surface area (Å²) in [4.78, 5) is 21.1. The van der Waals surface area contributed by atoms with Gasteiger partial charge in [0.25, 0.3) is 0 Å². The first-order chi connectivity index (χ1) is 10.8. The average molecular weight is 306 g/mol. The van der Waals surface area contributed by atoms with Gasteiger partial charge >= 0.3 is 6.03 Å². The molecule has 2 fully saturated rings. The van der Waals surface area contributed by atoms with Gasteiger partial charge in [0.2, 0.25) is 0 Å². The number of ether oxygens (including phenoxy) is 1. The SMILES string of the molecule is COCCn1ccnc1C1CCCN(C(=O)N2CCCC2)C1. The molecule has 2 aliphatic heterocycles. The van der Waals surface area contributed by atoms with Crippen LogP contribution in [0, 0.1) is 0 Å². The van der Waals surface area contributed by atoms with Gasteiger partial charge in [-0.25, -0.2) is 9.78 Å². The van der Waals surface area contributed by atoms with Crippen molar-refractivity contribution in [3.8, 4) is 0 Å². The molecule has 0 N–H and O–H groups in total. The van der Waals surface area contributed by atoms with E-state index in [0.717, 1.165) is 64.2 Å². The standard InChI is InChI=1S/C16H26N4O2/c1-22-12-11-18-10-6-17-15(18)14-5-4-9-20(13-14)16(21)19-7-2-3-8-19/h6,10,14H,2-5,7-9,11-13H2,1H3. The van der Waals surface area contributed by atoms with Crippen molar-refractivity contribution in [3.05, 3.63) is 18.2 Å². The summed E-state index contributed by atoms with van der Waals surface area (Å²) in [6.45, 7) is 5.02. The topological polar surface area (TPSA) is 50.6 Å². The maximum absolute atomic E-state index is 12.6. The molecule has 2 amide bonds. The molecule has 1 unspecified atom stereocenters. The highest BCUT2D eigenvalue weighted by Gasteiger charge is 2.30. The molecule has 1 aromatic rings. The maximum Gasteiger partial charge on any atom is 0.320 e. The van der Waals surface area contributed by atoms with Crippen molar-refractivity contribution in [3.63, 3.8) is 0 Å². The third kappa shape index (κ3) is 3.27. The summed E-state index contributed by atoms with van der Waals surface area (Å²) in [5, 5.41) is 0. The monoisotopic (exact) mass is 306 g/mol. The zero-order valence-electron chi connectivity index (χ0n) is 13.4. The zero-order chi connectivity index (χ0) is 15.4. The first kappa shape index (κ1) is 15.3. The summed E-state index contributed by atoms with van der Waals surface area (Å²) in [6.07, 6.45) is 8.31. The van der Waals surface area contributed by atoms with Gasteiger partial charge in [-0.3, -0.25) is 0 Å². The highest BCUT2D eigenvalue weighted by atomic mass is 16.5. The van der Waals surface area contributed by atoms with Crippen LogP contribution in [0.2, 0.25) is 0 Å². The Labute approximate surface area is 132 Å². The molecule has 2 saturated heterocycles. The van der Waals surface area contributed by atoms with E-state index in [4.69, 9.17) is 4.74 Å². The molecule has 6 nitrogen and oxygen atoms in total. The van der Waals surface area contributed by atoms with E-state index in [1.807, 2.05) is 22.2 Å². The van der Waals surface area contributed by atoms with Gasteiger partial charge in [-0.1, -0.05) is 0 Å². The maximum atomic E-state index is 12.6. The van der Waals surface area contributed by atoms with Gasteiger partial charge < -0.3 is 19.1 Å². The number of methoxy groups -OCH3 is 1. The fourth-order valence-electron chi connectivity index (χ4n) is 3.53. The van der Waals surface area contributed by atoms with E-state index >= 15 is 0 Å². The van der Waals surface area contributed by atoms with Crippen LogP contribution in [0.15, 0.2) is 12.4 Å². The number of urea groups is 1. The second-order valence-corrected chi connectivity index (χ2v) is 6.23. The van der Waals surface area contributed by atoms with Crippen molar-refractivity contribution >= 4 is 6.03 Å². The summed E-state index contributed by atoms with van der Waals surface area (Å²) in [5.74, 6) is 1.43. The van der Waals surface area contributed by atoms with Crippen LogP contribution >= 0.6 is 0 Å². The number of hydrogen-bond donors (Lipinski definition) is 0. The number of rotatable bonds is 4. The number of piperidine rings is 1. The highest BCUT2D eigenvalue weighted by molar-refractivity contribution is 5.74. The quantitative estimate of drug-likeness (QED) is 0.854. The molecule has 0 radical (unpaired) electrons. The minimum absolute atomic E-state index is 0.220. The molecule has 6 heteroatoms. The van der Waals surface area contributed by atoms with Crippen LogP contribution in [-0.2, 0) is 11.3 Å². The lowest BCUT2D eigenvalue weighted by atomic mass is 9.97. The van der Waals surface area contributed by atoms with Crippen molar-refractivity contribution < 1.29 is 9.53 Å². The van der Waals surface area contributed by atoms with E-state index in [2.05, 4.69) is 9.55 Å². The summed E-state index contributed by atoms with van der Waals surface area (Å²) < 4.78 is 7.33. The second-order valence-electron chi connectivity index (χ2n) is 6.23. The van der Waals surface area contributed by atoms with Gasteiger partial charge in [-0.2, -0.15) is 0 Å². The Morgan fingerprint density at radius 3 is 2.82 bits per heavy atom. The molecule has 1 aromatic heterocycles. The molecule has 0 saturated carbocycles. The molecule has 122 valence electrons. The molecular formula is C16H26N4O2. The van der Waals surface area contributed by atoms with Crippen molar-refractivity contribution in [2.45, 2.75) is 38.1 Å². The lowest BCUT2D eigenvalue weighted by Gasteiger charge is -2.35. The Morgan fingerprint density at radius 1 is 1.27 bits per heavy atom. The van der Waals surface area contributed by atoms with E-state index < -0.39 is 0 Å². The van der Waals surface area contributed by atoms with E-state index in [0.29, 0.717) is 12.5 Å². The van der Waals surface area contributed by atoms with Crippen molar-refractivity contribution in [1.29, 1.82) is 0 Å². The average Bonchev–Trinajstić information content (AvgIpc) is 3.23. The van der Waals surface area contributed by atoms with Crippen LogP contribution in [0.25, 0.3) is 0 Å². The molecular weight excluding hydrogens is 280 g/mol. The molecule has 3 heterocycles. The highest BCUT2D eigenvalue weighted by Crippen LogP contribution is 2.27. The van der Waals surface area contributed by atoms with Gasteiger partial charge in [-0.05, 0) is 25.7 Å². The number of likely N-dealkylation sites (tertiary alicyclic amines) is 2. The number of amides is 2. The van der Waals surface area contributed by atoms with E-state index in [1.165, 1.54) is 0 Å². The Morgan fingerprint density at radius 2 is 2.05 bits per heavy atom. The fraction of sp³-hybridized carbons (Fsp3) is 0.750. The molecule has 0 bridgehead atoms. The largest absolute Gasteiger partial charge is 0.383 e. The summed E-state index contributed by atoms with van der Waals surface area (Å²) in [6, 6.07) is 0.220. The lowest BCUT2D eigenvalue weighted by molar-refractivity contribution is 0.144. The number of imidazole rings is 1. The molecule has 0 spiro atoms. The second kappa shape index (κ2) is 7.13. The Kier molecular flexibility index (Phi) is 4.97. The third-order valence-corrected chi connectivity index (χ3v) is 4.72. The van der Waals surface area contributed by atoms with Crippen LogP contribution in [-0.4, -0.2) is 65.3 Å². The van der Waals surface area contributed by atoms with Crippen LogP contribution < -0.4 is 0 Å². The van der Waals surface area contributed by atoms with Crippen LogP contribution in [0.3, 0.4) is 0 Å². The van der Waals surface area contributed by atoms with Crippen molar-refractivity contribution in [2.24, 2.45) is 0 Å². The molecule has 2 aliphatic rings. The number of nitrogens with zero attached hydrogens (tertiary/aromatic N) is 4. The molecule has 0 aliphatic carbocycles. The molecule has 1 atom stereocenters. The number of aromatic nitrogens is 2. The number of carbonyl (C=O) groups is 1. The van der Waals surface area contributed by atoms with E-state index in [1.54, 1.807) is 7.11 Å². The first-order valence-corrected chi connectivity index (χ1v) is 8.33. The van der Waals surface area contributed by atoms with Crippen molar-refractivity contribution in [1.82, 2.24) is 19.4 Å². The summed E-state index contributed by atoms with van der Waals surface area (Å²) in [5.41, 5.74) is 0. The third-order valence-electron chi connectivity index (χ3n) is 4.72. The van der Waals surface area contributed by atoms with Gasteiger partial charge in [0.1, 0.15) is 5.82 Å². The van der Waals surface area contributed by atoms with Crippen molar-refractivity contribution in [2.75, 3.05) is 39.9 Å². The predicted molar refractivity (Wildman–Crippen MR) is 83.9 cm³/mol. The summed E-state index contributed by atoms with van der Waals surface area (Å²) >= 11 is 0. The minimum atomic E-state index is 0.220. The predicted octanol–water partition coefficient (Wildman–Crippen LogP) is 1.92. The van der Waals surface area contributed by atoms with E-state index in [9.17, 15) is 4.79 Å². The van der Waals surface area contributed by atoms with Gasteiger partial charge in [0.15, 0.2) is 0 Å². The minimum Gasteiger partial charge on any atom is -0.383 e. The van der Waals surface area contributed by atoms with E-state index in [-0.39, 0.29) is 6.03 Å². The first-order valence-electron chi connectivity index (χ1n) is 8.33. The summed E-state index contributed by atoms with van der Waals surface area (Å²) in [7, 11) is 1.72. The molecule has 22 heavy (non-hydrogen) atoms.